The molecule has 1 aliphatic heterocycles. The molecule has 192 valence electrons. The number of ether oxygens (including phenoxy) is 3. The van der Waals surface area contributed by atoms with E-state index < -0.39 is 5.97 Å². The highest BCUT2D eigenvalue weighted by Crippen LogP contribution is 2.42. The number of fused-ring (bicyclic) bond motifs is 1. The Hall–Kier alpha value is -4.33. The second-order valence-corrected chi connectivity index (χ2v) is 9.42. The molecule has 1 fully saturated rings. The van der Waals surface area contributed by atoms with Crippen molar-refractivity contribution in [2.24, 2.45) is 0 Å². The van der Waals surface area contributed by atoms with Crippen LogP contribution in [0.3, 0.4) is 0 Å². The molecular formula is C31H28N2O5. The number of pyridine rings is 1. The van der Waals surface area contributed by atoms with Crippen molar-refractivity contribution in [3.8, 4) is 40.7 Å². The summed E-state index contributed by atoms with van der Waals surface area (Å²) in [6.45, 7) is 2.99. The van der Waals surface area contributed by atoms with Gasteiger partial charge in [-0.15, -0.1) is 5.92 Å². The van der Waals surface area contributed by atoms with E-state index in [0.717, 1.165) is 47.1 Å². The zero-order valence-electron chi connectivity index (χ0n) is 21.1. The third kappa shape index (κ3) is 5.49. The molecule has 1 N–H and O–H groups in total. The Labute approximate surface area is 222 Å². The van der Waals surface area contributed by atoms with Gasteiger partial charge in [-0.05, 0) is 60.7 Å². The Balaban J connectivity index is 1.35. The van der Waals surface area contributed by atoms with Crippen LogP contribution in [0.15, 0.2) is 54.7 Å². The summed E-state index contributed by atoms with van der Waals surface area (Å²) in [4.78, 5) is 15.7. The number of aromatic nitrogens is 1. The Morgan fingerprint density at radius 1 is 1.16 bits per heavy atom. The van der Waals surface area contributed by atoms with E-state index in [4.69, 9.17) is 14.2 Å². The Morgan fingerprint density at radius 2 is 2.00 bits per heavy atom. The van der Waals surface area contributed by atoms with Gasteiger partial charge in [-0.25, -0.2) is 4.98 Å². The number of nitrogens with zero attached hydrogens (tertiary/aromatic N) is 2. The first kappa shape index (κ1) is 25.3. The van der Waals surface area contributed by atoms with E-state index in [1.54, 1.807) is 13.1 Å². The Morgan fingerprint density at radius 3 is 2.66 bits per heavy atom. The summed E-state index contributed by atoms with van der Waals surface area (Å²) in [6.07, 6.45) is 4.03. The molecule has 7 nitrogen and oxygen atoms in total. The highest BCUT2D eigenvalue weighted by Gasteiger charge is 2.29. The third-order valence-corrected chi connectivity index (χ3v) is 6.93. The van der Waals surface area contributed by atoms with Gasteiger partial charge in [0.15, 0.2) is 0 Å². The van der Waals surface area contributed by atoms with Gasteiger partial charge in [0.05, 0.1) is 37.2 Å². The maximum atomic E-state index is 11.2. The molecule has 2 aliphatic rings. The van der Waals surface area contributed by atoms with Gasteiger partial charge in [0.2, 0.25) is 5.88 Å². The number of carboxylic acids is 1. The van der Waals surface area contributed by atoms with Crippen molar-refractivity contribution >= 4 is 5.97 Å². The minimum Gasteiger partial charge on any atom is -0.486 e. The van der Waals surface area contributed by atoms with Crippen LogP contribution in [0.4, 0.5) is 0 Å². The second kappa shape index (κ2) is 11.4. The molecule has 1 aliphatic carbocycles. The number of carbonyl (C=O) groups is 1. The SMILES string of the molecule is CC#C[C@@H](CC(=O)O)c1ccc(O[C@@H]2CCc3c2ccc(C#N)c3-c2ccc(O[C@@H]3CCOC3)nc2)cc1. The topological polar surface area (TPSA) is 102 Å². The van der Waals surface area contributed by atoms with Gasteiger partial charge in [0.1, 0.15) is 18.0 Å². The first-order valence-electron chi connectivity index (χ1n) is 12.7. The quantitative estimate of drug-likeness (QED) is 0.405. The van der Waals surface area contributed by atoms with Crippen LogP contribution in [0.25, 0.3) is 11.1 Å². The molecule has 1 saturated heterocycles. The van der Waals surface area contributed by atoms with Crippen LogP contribution in [-0.4, -0.2) is 35.4 Å². The molecule has 3 aromatic rings. The third-order valence-electron chi connectivity index (χ3n) is 6.93. The monoisotopic (exact) mass is 508 g/mol. The fourth-order valence-electron chi connectivity index (χ4n) is 5.13. The van der Waals surface area contributed by atoms with Crippen molar-refractivity contribution in [2.75, 3.05) is 13.2 Å². The van der Waals surface area contributed by atoms with Gasteiger partial charge in [-0.1, -0.05) is 24.1 Å². The van der Waals surface area contributed by atoms with Gasteiger partial charge in [0, 0.05) is 29.8 Å². The molecule has 1 aromatic heterocycles. The first-order chi connectivity index (χ1) is 18.6. The van der Waals surface area contributed by atoms with E-state index in [2.05, 4.69) is 22.9 Å². The van der Waals surface area contributed by atoms with Crippen LogP contribution in [0, 0.1) is 23.2 Å². The van der Waals surface area contributed by atoms with E-state index in [9.17, 15) is 15.2 Å². The lowest BCUT2D eigenvalue weighted by atomic mass is 9.93. The number of aliphatic carboxylic acids is 1. The summed E-state index contributed by atoms with van der Waals surface area (Å²) in [5.74, 6) is 5.81. The summed E-state index contributed by atoms with van der Waals surface area (Å²) < 4.78 is 17.6. The normalized spacial score (nSPS) is 18.5. The summed E-state index contributed by atoms with van der Waals surface area (Å²) in [6, 6.07) is 17.4. The summed E-state index contributed by atoms with van der Waals surface area (Å²) in [5, 5.41) is 19.0. The van der Waals surface area contributed by atoms with E-state index >= 15 is 0 Å². The van der Waals surface area contributed by atoms with Crippen LogP contribution in [-0.2, 0) is 16.0 Å². The van der Waals surface area contributed by atoms with E-state index in [0.29, 0.717) is 30.4 Å². The Kier molecular flexibility index (Phi) is 7.58. The maximum absolute atomic E-state index is 11.2. The van der Waals surface area contributed by atoms with Crippen LogP contribution in [0.2, 0.25) is 0 Å². The molecule has 5 rings (SSSR count). The number of benzene rings is 2. The lowest BCUT2D eigenvalue weighted by molar-refractivity contribution is -0.137. The summed E-state index contributed by atoms with van der Waals surface area (Å²) in [5.41, 5.74) is 5.39. The van der Waals surface area contributed by atoms with E-state index in [-0.39, 0.29) is 24.5 Å². The molecule has 7 heteroatoms. The molecule has 0 radical (unpaired) electrons. The molecule has 0 bridgehead atoms. The highest BCUT2D eigenvalue weighted by atomic mass is 16.5. The maximum Gasteiger partial charge on any atom is 0.304 e. The zero-order valence-corrected chi connectivity index (χ0v) is 21.1. The molecule has 2 aromatic carbocycles. The van der Waals surface area contributed by atoms with Gasteiger partial charge in [-0.2, -0.15) is 5.26 Å². The predicted octanol–water partition coefficient (Wildman–Crippen LogP) is 5.44. The molecule has 0 unspecified atom stereocenters. The van der Waals surface area contributed by atoms with Gasteiger partial charge >= 0.3 is 5.97 Å². The fourth-order valence-corrected chi connectivity index (χ4v) is 5.13. The number of rotatable bonds is 8. The number of hydrogen-bond donors (Lipinski definition) is 1. The number of carboxylic acid groups (broad SMARTS) is 1. The van der Waals surface area contributed by atoms with Crippen molar-refractivity contribution in [2.45, 2.75) is 50.7 Å². The second-order valence-electron chi connectivity index (χ2n) is 9.42. The molecule has 0 spiro atoms. The van der Waals surface area contributed by atoms with Crippen LogP contribution < -0.4 is 9.47 Å². The van der Waals surface area contributed by atoms with Crippen LogP contribution in [0.1, 0.15) is 60.5 Å². The predicted molar refractivity (Wildman–Crippen MR) is 141 cm³/mol. The summed E-state index contributed by atoms with van der Waals surface area (Å²) in [7, 11) is 0. The lowest BCUT2D eigenvalue weighted by Gasteiger charge is -2.17. The lowest BCUT2D eigenvalue weighted by Crippen LogP contribution is -2.16. The van der Waals surface area contributed by atoms with Crippen molar-refractivity contribution < 1.29 is 24.1 Å². The number of hydrogen-bond acceptors (Lipinski definition) is 6. The zero-order chi connectivity index (χ0) is 26.5. The van der Waals surface area contributed by atoms with Crippen molar-refractivity contribution in [1.29, 1.82) is 5.26 Å². The summed E-state index contributed by atoms with van der Waals surface area (Å²) >= 11 is 0. The molecule has 3 atom stereocenters. The Bertz CT molecular complexity index is 1410. The standard InChI is InChI=1S/C31H28N2O5/c1-2-3-21(16-30(34)35)20-4-8-24(9-5-20)37-28-12-11-27-26(28)10-6-22(17-32)31(27)23-7-13-29(33-18-23)38-25-14-15-36-19-25/h4-10,13,18,21,25,28H,11-12,14-16,19H2,1H3,(H,34,35)/t21-,25+,28+/m0/s1. The number of nitriles is 1. The minimum absolute atomic E-state index is 0.0265. The first-order valence-corrected chi connectivity index (χ1v) is 12.7. The van der Waals surface area contributed by atoms with Crippen molar-refractivity contribution in [3.63, 3.8) is 0 Å². The molecule has 38 heavy (non-hydrogen) atoms. The average Bonchev–Trinajstić information content (AvgIpc) is 3.59. The molecule has 0 amide bonds. The smallest absolute Gasteiger partial charge is 0.304 e. The van der Waals surface area contributed by atoms with E-state index in [1.165, 1.54) is 0 Å². The van der Waals surface area contributed by atoms with Crippen molar-refractivity contribution in [3.05, 3.63) is 77.0 Å². The van der Waals surface area contributed by atoms with Crippen LogP contribution >= 0.6 is 0 Å². The molecular weight excluding hydrogens is 480 g/mol. The highest BCUT2D eigenvalue weighted by molar-refractivity contribution is 5.76. The van der Waals surface area contributed by atoms with Gasteiger partial charge < -0.3 is 19.3 Å². The van der Waals surface area contributed by atoms with Crippen molar-refractivity contribution in [1.82, 2.24) is 4.98 Å². The van der Waals surface area contributed by atoms with Crippen LogP contribution in [0.5, 0.6) is 11.6 Å². The largest absolute Gasteiger partial charge is 0.486 e. The fraction of sp³-hybridized carbons (Fsp3) is 0.323. The average molecular weight is 509 g/mol. The van der Waals surface area contributed by atoms with E-state index in [1.807, 2.05) is 48.5 Å². The van der Waals surface area contributed by atoms with Gasteiger partial charge in [-0.3, -0.25) is 4.79 Å². The minimum atomic E-state index is -0.881. The molecule has 0 saturated carbocycles. The van der Waals surface area contributed by atoms with Gasteiger partial charge in [0.25, 0.3) is 0 Å². The molecule has 2 heterocycles.